The summed E-state index contributed by atoms with van der Waals surface area (Å²) in [5, 5.41) is 4.93. The number of carbonyl (C=O) groups excluding carboxylic acids is 5. The fraction of sp³-hybridized carbons (Fsp3) is 0.114. The van der Waals surface area contributed by atoms with E-state index in [0.29, 0.717) is 27.4 Å². The second-order valence-electron chi connectivity index (χ2n) is 10.3. The Hall–Kier alpha value is -5.28. The van der Waals surface area contributed by atoms with Crippen LogP contribution in [0.3, 0.4) is 0 Å². The first-order chi connectivity index (χ1) is 21.2. The number of anilines is 2. The summed E-state index contributed by atoms with van der Waals surface area (Å²) < 4.78 is 0. The van der Waals surface area contributed by atoms with Gasteiger partial charge in [0.05, 0.1) is 10.9 Å². The van der Waals surface area contributed by atoms with Crippen LogP contribution in [0.5, 0.6) is 0 Å². The van der Waals surface area contributed by atoms with Crippen molar-refractivity contribution in [3.05, 3.63) is 131 Å². The van der Waals surface area contributed by atoms with Gasteiger partial charge in [-0.25, -0.2) is 4.90 Å². The van der Waals surface area contributed by atoms with Gasteiger partial charge < -0.3 is 10.6 Å². The minimum Gasteiger partial charge on any atom is -0.321 e. The van der Waals surface area contributed by atoms with Gasteiger partial charge >= 0.3 is 0 Å². The Labute approximate surface area is 259 Å². The van der Waals surface area contributed by atoms with Gasteiger partial charge in [0.1, 0.15) is 5.70 Å². The third kappa shape index (κ3) is 7.19. The van der Waals surface area contributed by atoms with Crippen molar-refractivity contribution >= 4 is 58.6 Å². The standard InChI is InChI=1S/C35H29N3O5S/c1-22-8-6-9-24(18-22)19-30(37-33(41)26-10-4-3-5-11-26)34(42)36-27-12-7-13-29(20-27)44-31-21-32(40)38(35(31)43)28-16-14-25(15-17-28)23(2)39/h3-20,31H,21H2,1-2H3,(H,36,42)(H,37,41). The van der Waals surface area contributed by atoms with Gasteiger partial charge in [-0.2, -0.15) is 0 Å². The average Bonchev–Trinajstić information content (AvgIpc) is 3.29. The summed E-state index contributed by atoms with van der Waals surface area (Å²) in [6, 6.07) is 29.5. The molecule has 1 aliphatic heterocycles. The number of nitrogens with one attached hydrogen (secondary N) is 2. The maximum atomic E-state index is 13.5. The van der Waals surface area contributed by atoms with Crippen LogP contribution >= 0.6 is 11.8 Å². The molecule has 0 bridgehead atoms. The first kappa shape index (κ1) is 30.2. The molecule has 1 unspecified atom stereocenters. The highest BCUT2D eigenvalue weighted by atomic mass is 32.2. The molecule has 44 heavy (non-hydrogen) atoms. The number of aryl methyl sites for hydroxylation is 1. The molecular weight excluding hydrogens is 574 g/mol. The van der Waals surface area contributed by atoms with E-state index in [1.807, 2.05) is 31.2 Å². The highest BCUT2D eigenvalue weighted by Gasteiger charge is 2.40. The molecule has 4 aromatic rings. The van der Waals surface area contributed by atoms with Crippen LogP contribution in [0.2, 0.25) is 0 Å². The summed E-state index contributed by atoms with van der Waals surface area (Å²) in [4.78, 5) is 65.8. The van der Waals surface area contributed by atoms with E-state index in [2.05, 4.69) is 10.6 Å². The van der Waals surface area contributed by atoms with Crippen LogP contribution in [-0.4, -0.2) is 34.7 Å². The lowest BCUT2D eigenvalue weighted by molar-refractivity contribution is -0.121. The molecule has 1 atom stereocenters. The number of carbonyl (C=O) groups is 5. The molecule has 0 aromatic heterocycles. The number of rotatable bonds is 9. The molecular formula is C35H29N3O5S. The zero-order valence-corrected chi connectivity index (χ0v) is 24.9. The summed E-state index contributed by atoms with van der Waals surface area (Å²) in [6.45, 7) is 3.39. The molecule has 9 heteroatoms. The van der Waals surface area contributed by atoms with E-state index in [-0.39, 0.29) is 29.7 Å². The largest absolute Gasteiger partial charge is 0.321 e. The number of Topliss-reactive ketones (excluding diaryl/α,β-unsaturated/α-hetero) is 1. The maximum Gasteiger partial charge on any atom is 0.272 e. The number of nitrogens with zero attached hydrogens (tertiary/aromatic N) is 1. The predicted octanol–water partition coefficient (Wildman–Crippen LogP) is 6.03. The quantitative estimate of drug-likeness (QED) is 0.137. The van der Waals surface area contributed by atoms with Crippen molar-refractivity contribution in [2.75, 3.05) is 10.2 Å². The summed E-state index contributed by atoms with van der Waals surface area (Å²) in [6.07, 6.45) is 1.63. The third-order valence-electron chi connectivity index (χ3n) is 6.89. The van der Waals surface area contributed by atoms with Crippen LogP contribution in [-0.2, 0) is 14.4 Å². The SMILES string of the molecule is CC(=O)c1ccc(N2C(=O)CC(Sc3cccc(NC(=O)C(=Cc4cccc(C)c4)NC(=O)c4ccccc4)c3)C2=O)cc1. The highest BCUT2D eigenvalue weighted by Crippen LogP contribution is 2.35. The topological polar surface area (TPSA) is 113 Å². The number of thioether (sulfide) groups is 1. The lowest BCUT2D eigenvalue weighted by atomic mass is 10.1. The first-order valence-electron chi connectivity index (χ1n) is 13.9. The van der Waals surface area contributed by atoms with Gasteiger partial charge in [0.2, 0.25) is 11.8 Å². The number of ketones is 1. The molecule has 0 aliphatic carbocycles. The van der Waals surface area contributed by atoms with Crippen molar-refractivity contribution in [2.24, 2.45) is 0 Å². The predicted molar refractivity (Wildman–Crippen MR) is 171 cm³/mol. The molecule has 220 valence electrons. The second-order valence-corrected chi connectivity index (χ2v) is 11.5. The van der Waals surface area contributed by atoms with Crippen LogP contribution in [0.4, 0.5) is 11.4 Å². The van der Waals surface area contributed by atoms with Crippen LogP contribution in [0.15, 0.2) is 114 Å². The Morgan fingerprint density at radius 1 is 0.841 bits per heavy atom. The van der Waals surface area contributed by atoms with E-state index in [1.54, 1.807) is 84.9 Å². The molecule has 2 N–H and O–H groups in total. The first-order valence-corrected chi connectivity index (χ1v) is 14.8. The van der Waals surface area contributed by atoms with Gasteiger partial charge in [-0.15, -0.1) is 11.8 Å². The van der Waals surface area contributed by atoms with Gasteiger partial charge in [-0.3, -0.25) is 24.0 Å². The van der Waals surface area contributed by atoms with E-state index >= 15 is 0 Å². The zero-order valence-electron chi connectivity index (χ0n) is 24.1. The monoisotopic (exact) mass is 603 g/mol. The van der Waals surface area contributed by atoms with Crippen molar-refractivity contribution in [3.8, 4) is 0 Å². The molecule has 1 saturated heterocycles. The Bertz CT molecular complexity index is 1780. The molecule has 0 saturated carbocycles. The number of amides is 4. The van der Waals surface area contributed by atoms with E-state index in [4.69, 9.17) is 0 Å². The van der Waals surface area contributed by atoms with Crippen molar-refractivity contribution < 1.29 is 24.0 Å². The van der Waals surface area contributed by atoms with Crippen LogP contribution in [0.25, 0.3) is 6.08 Å². The summed E-state index contributed by atoms with van der Waals surface area (Å²) >= 11 is 1.23. The smallest absolute Gasteiger partial charge is 0.272 e. The number of benzene rings is 4. The summed E-state index contributed by atoms with van der Waals surface area (Å²) in [7, 11) is 0. The maximum absolute atomic E-state index is 13.5. The fourth-order valence-corrected chi connectivity index (χ4v) is 5.80. The van der Waals surface area contributed by atoms with Crippen molar-refractivity contribution in [2.45, 2.75) is 30.4 Å². The molecule has 4 amide bonds. The molecule has 4 aromatic carbocycles. The average molecular weight is 604 g/mol. The lowest BCUT2D eigenvalue weighted by Crippen LogP contribution is -2.31. The summed E-state index contributed by atoms with van der Waals surface area (Å²) in [5.41, 5.74) is 3.59. The van der Waals surface area contributed by atoms with Gasteiger partial charge in [-0.1, -0.05) is 54.1 Å². The summed E-state index contributed by atoms with van der Waals surface area (Å²) in [5.74, 6) is -1.73. The zero-order chi connectivity index (χ0) is 31.2. The van der Waals surface area contributed by atoms with Crippen molar-refractivity contribution in [1.82, 2.24) is 5.32 Å². The van der Waals surface area contributed by atoms with E-state index in [1.165, 1.54) is 18.7 Å². The fourth-order valence-electron chi connectivity index (χ4n) is 4.69. The van der Waals surface area contributed by atoms with Crippen molar-refractivity contribution in [3.63, 3.8) is 0 Å². The molecule has 5 rings (SSSR count). The Morgan fingerprint density at radius 2 is 1.57 bits per heavy atom. The Balaban J connectivity index is 1.31. The molecule has 1 aliphatic rings. The highest BCUT2D eigenvalue weighted by molar-refractivity contribution is 8.00. The third-order valence-corrected chi connectivity index (χ3v) is 8.07. The number of hydrogen-bond donors (Lipinski definition) is 2. The van der Waals surface area contributed by atoms with E-state index in [0.717, 1.165) is 16.0 Å². The minimum absolute atomic E-state index is 0.0173. The van der Waals surface area contributed by atoms with Crippen LogP contribution < -0.4 is 15.5 Å². The van der Waals surface area contributed by atoms with Crippen LogP contribution in [0, 0.1) is 6.92 Å². The van der Waals surface area contributed by atoms with Gasteiger partial charge in [0.25, 0.3) is 11.8 Å². The molecule has 0 radical (unpaired) electrons. The number of hydrogen-bond acceptors (Lipinski definition) is 6. The van der Waals surface area contributed by atoms with E-state index in [9.17, 15) is 24.0 Å². The van der Waals surface area contributed by atoms with E-state index < -0.39 is 17.1 Å². The number of imide groups is 1. The van der Waals surface area contributed by atoms with Crippen LogP contribution in [0.1, 0.15) is 45.2 Å². The molecule has 0 spiro atoms. The minimum atomic E-state index is -0.650. The Morgan fingerprint density at radius 3 is 2.27 bits per heavy atom. The van der Waals surface area contributed by atoms with Gasteiger partial charge in [-0.05, 0) is 80.1 Å². The molecule has 1 fully saturated rings. The lowest BCUT2D eigenvalue weighted by Gasteiger charge is -2.15. The molecule has 1 heterocycles. The normalized spacial score (nSPS) is 14.8. The molecule has 8 nitrogen and oxygen atoms in total. The Kier molecular flexibility index (Phi) is 9.16. The second kappa shape index (κ2) is 13.4. The van der Waals surface area contributed by atoms with Gasteiger partial charge in [0, 0.05) is 28.1 Å². The van der Waals surface area contributed by atoms with Gasteiger partial charge in [0.15, 0.2) is 5.78 Å². The van der Waals surface area contributed by atoms with Crippen molar-refractivity contribution in [1.29, 1.82) is 0 Å².